The maximum atomic E-state index is 12.0. The van der Waals surface area contributed by atoms with Gasteiger partial charge in [0.1, 0.15) is 5.84 Å². The third-order valence-electron chi connectivity index (χ3n) is 3.48. The number of halogens is 2. The Hall–Kier alpha value is -2.09. The first-order valence-electron chi connectivity index (χ1n) is 7.28. The van der Waals surface area contributed by atoms with Crippen molar-refractivity contribution < 1.29 is 13.2 Å². The molecule has 0 saturated carbocycles. The van der Waals surface area contributed by atoms with Gasteiger partial charge >= 0.3 is 0 Å². The molecule has 6 nitrogen and oxygen atoms in total. The molecule has 0 fully saturated rings. The van der Waals surface area contributed by atoms with Gasteiger partial charge in [0.25, 0.3) is 10.0 Å². The number of fused-ring (bicyclic) bond motifs is 1. The molecule has 0 aliphatic carbocycles. The monoisotopic (exact) mass is 397 g/mol. The average molecular weight is 398 g/mol. The summed E-state index contributed by atoms with van der Waals surface area (Å²) in [6.45, 7) is 0.128. The standard InChI is InChI=1S/C16H13Cl2N3O3S/c17-10-5-6-13(12(18)9-10)20-15(22)7-8-19-16-11-3-1-2-4-14(11)25(23,24)21-16/h1-6,9H,7-8H2,(H,19,21)(H,20,22). The molecule has 25 heavy (non-hydrogen) atoms. The van der Waals surface area contributed by atoms with Gasteiger partial charge in [-0.15, -0.1) is 0 Å². The Morgan fingerprint density at radius 2 is 1.92 bits per heavy atom. The molecule has 2 aromatic rings. The van der Waals surface area contributed by atoms with E-state index in [-0.39, 0.29) is 29.6 Å². The lowest BCUT2D eigenvalue weighted by Gasteiger charge is -2.06. The van der Waals surface area contributed by atoms with Crippen molar-refractivity contribution in [2.24, 2.45) is 4.99 Å². The Morgan fingerprint density at radius 1 is 1.16 bits per heavy atom. The van der Waals surface area contributed by atoms with Crippen molar-refractivity contribution in [1.82, 2.24) is 4.72 Å². The van der Waals surface area contributed by atoms with Crippen molar-refractivity contribution in [3.8, 4) is 0 Å². The van der Waals surface area contributed by atoms with Crippen LogP contribution in [0.4, 0.5) is 5.69 Å². The van der Waals surface area contributed by atoms with E-state index in [0.29, 0.717) is 21.3 Å². The van der Waals surface area contributed by atoms with Gasteiger partial charge in [-0.3, -0.25) is 14.5 Å². The van der Waals surface area contributed by atoms with Gasteiger partial charge in [-0.05, 0) is 30.3 Å². The van der Waals surface area contributed by atoms with E-state index in [9.17, 15) is 13.2 Å². The second-order valence-electron chi connectivity index (χ2n) is 5.25. The van der Waals surface area contributed by atoms with Crippen LogP contribution < -0.4 is 10.0 Å². The summed E-state index contributed by atoms with van der Waals surface area (Å²) < 4.78 is 26.3. The average Bonchev–Trinajstić information content (AvgIpc) is 2.82. The minimum absolute atomic E-state index is 0.0757. The summed E-state index contributed by atoms with van der Waals surface area (Å²) in [5.41, 5.74) is 0.958. The highest BCUT2D eigenvalue weighted by molar-refractivity contribution is 7.90. The normalized spacial score (nSPS) is 16.3. The van der Waals surface area contributed by atoms with Gasteiger partial charge in [-0.25, -0.2) is 8.42 Å². The summed E-state index contributed by atoms with van der Waals surface area (Å²) in [6.07, 6.45) is 0.0757. The lowest BCUT2D eigenvalue weighted by Crippen LogP contribution is -2.23. The van der Waals surface area contributed by atoms with Crippen molar-refractivity contribution in [1.29, 1.82) is 0 Å². The summed E-state index contributed by atoms with van der Waals surface area (Å²) in [7, 11) is -3.57. The summed E-state index contributed by atoms with van der Waals surface area (Å²) in [4.78, 5) is 16.4. The van der Waals surface area contributed by atoms with E-state index in [1.807, 2.05) is 0 Å². The lowest BCUT2D eigenvalue weighted by atomic mass is 10.2. The van der Waals surface area contributed by atoms with E-state index in [1.165, 1.54) is 12.1 Å². The van der Waals surface area contributed by atoms with Gasteiger partial charge in [0, 0.05) is 17.0 Å². The quantitative estimate of drug-likeness (QED) is 0.830. The van der Waals surface area contributed by atoms with Crippen LogP contribution >= 0.6 is 23.2 Å². The number of benzene rings is 2. The molecule has 9 heteroatoms. The van der Waals surface area contributed by atoms with E-state index in [2.05, 4.69) is 15.0 Å². The maximum Gasteiger partial charge on any atom is 0.263 e. The van der Waals surface area contributed by atoms with Gasteiger partial charge < -0.3 is 5.32 Å². The SMILES string of the molecule is O=C(CCN=C1NS(=O)(=O)c2ccccc21)Nc1ccc(Cl)cc1Cl. The molecule has 1 heterocycles. The number of hydrogen-bond acceptors (Lipinski definition) is 4. The second kappa shape index (κ2) is 7.03. The first kappa shape index (κ1) is 17.7. The van der Waals surface area contributed by atoms with Crippen LogP contribution in [0.1, 0.15) is 12.0 Å². The maximum absolute atomic E-state index is 12.0. The van der Waals surface area contributed by atoms with Crippen molar-refractivity contribution >= 4 is 50.7 Å². The predicted molar refractivity (Wildman–Crippen MR) is 97.9 cm³/mol. The van der Waals surface area contributed by atoms with Gasteiger partial charge in [-0.2, -0.15) is 0 Å². The number of carbonyl (C=O) groups is 1. The first-order valence-corrected chi connectivity index (χ1v) is 9.52. The fraction of sp³-hybridized carbons (Fsp3) is 0.125. The first-order chi connectivity index (χ1) is 11.9. The van der Waals surface area contributed by atoms with Crippen LogP contribution in [0.2, 0.25) is 10.0 Å². The third-order valence-corrected chi connectivity index (χ3v) is 5.42. The predicted octanol–water partition coefficient (Wildman–Crippen LogP) is 3.06. The molecule has 0 spiro atoms. The number of rotatable bonds is 4. The van der Waals surface area contributed by atoms with E-state index in [4.69, 9.17) is 23.2 Å². The number of sulfonamides is 1. The molecule has 0 aromatic heterocycles. The number of aliphatic imine (C=N–C) groups is 1. The lowest BCUT2D eigenvalue weighted by molar-refractivity contribution is -0.116. The van der Waals surface area contributed by atoms with Crippen LogP contribution in [0.5, 0.6) is 0 Å². The van der Waals surface area contributed by atoms with Crippen LogP contribution in [0.15, 0.2) is 52.4 Å². The van der Waals surface area contributed by atoms with Crippen molar-refractivity contribution in [2.75, 3.05) is 11.9 Å². The zero-order valence-electron chi connectivity index (χ0n) is 12.8. The van der Waals surface area contributed by atoms with E-state index < -0.39 is 10.0 Å². The Morgan fingerprint density at radius 3 is 2.68 bits per heavy atom. The van der Waals surface area contributed by atoms with Gasteiger partial charge in [-0.1, -0.05) is 35.3 Å². The molecule has 0 radical (unpaired) electrons. The third kappa shape index (κ3) is 3.95. The van der Waals surface area contributed by atoms with Crippen LogP contribution in [0, 0.1) is 0 Å². The molecule has 1 amide bonds. The van der Waals surface area contributed by atoms with E-state index >= 15 is 0 Å². The Labute approximate surface area is 154 Å². The number of anilines is 1. The van der Waals surface area contributed by atoms with Crippen molar-refractivity contribution in [3.63, 3.8) is 0 Å². The van der Waals surface area contributed by atoms with Gasteiger partial charge in [0.05, 0.1) is 22.2 Å². The Bertz CT molecular complexity index is 974. The fourth-order valence-corrected chi connectivity index (χ4v) is 4.03. The highest BCUT2D eigenvalue weighted by atomic mass is 35.5. The molecule has 1 aliphatic heterocycles. The minimum atomic E-state index is -3.57. The highest BCUT2D eigenvalue weighted by Crippen LogP contribution is 2.25. The van der Waals surface area contributed by atoms with Crippen LogP contribution in [-0.2, 0) is 14.8 Å². The summed E-state index contributed by atoms with van der Waals surface area (Å²) in [5, 5.41) is 3.47. The molecule has 0 atom stereocenters. The molecule has 2 N–H and O–H groups in total. The molecular formula is C16H13Cl2N3O3S. The molecule has 3 rings (SSSR count). The highest BCUT2D eigenvalue weighted by Gasteiger charge is 2.29. The topological polar surface area (TPSA) is 87.6 Å². The summed E-state index contributed by atoms with van der Waals surface area (Å²) in [6, 6.07) is 11.3. The van der Waals surface area contributed by atoms with Gasteiger partial charge in [0.2, 0.25) is 5.91 Å². The number of nitrogens with zero attached hydrogens (tertiary/aromatic N) is 1. The van der Waals surface area contributed by atoms with Crippen LogP contribution in [-0.4, -0.2) is 26.7 Å². The summed E-state index contributed by atoms with van der Waals surface area (Å²) >= 11 is 11.8. The molecule has 0 unspecified atom stereocenters. The number of hydrogen-bond donors (Lipinski definition) is 2. The number of nitrogens with one attached hydrogen (secondary N) is 2. The van der Waals surface area contributed by atoms with E-state index in [1.54, 1.807) is 30.3 Å². The smallest absolute Gasteiger partial charge is 0.263 e. The molecule has 2 aromatic carbocycles. The van der Waals surface area contributed by atoms with E-state index in [0.717, 1.165) is 0 Å². The minimum Gasteiger partial charge on any atom is -0.325 e. The molecular weight excluding hydrogens is 385 g/mol. The Kier molecular flexibility index (Phi) is 4.99. The van der Waals surface area contributed by atoms with Crippen LogP contribution in [0.3, 0.4) is 0 Å². The fourth-order valence-electron chi connectivity index (χ4n) is 2.32. The number of carbonyl (C=O) groups excluding carboxylic acids is 1. The second-order valence-corrected chi connectivity index (χ2v) is 7.75. The zero-order valence-corrected chi connectivity index (χ0v) is 15.1. The summed E-state index contributed by atoms with van der Waals surface area (Å²) in [5.74, 6) is -0.0457. The largest absolute Gasteiger partial charge is 0.325 e. The molecule has 0 bridgehead atoms. The number of amides is 1. The molecule has 1 aliphatic rings. The van der Waals surface area contributed by atoms with Gasteiger partial charge in [0.15, 0.2) is 0 Å². The van der Waals surface area contributed by atoms with Crippen molar-refractivity contribution in [2.45, 2.75) is 11.3 Å². The van der Waals surface area contributed by atoms with Crippen LogP contribution in [0.25, 0.3) is 0 Å². The van der Waals surface area contributed by atoms with Crippen molar-refractivity contribution in [3.05, 3.63) is 58.1 Å². The number of amidine groups is 1. The molecule has 130 valence electrons. The molecule has 0 saturated heterocycles. The zero-order chi connectivity index (χ0) is 18.0. The Balaban J connectivity index is 1.65.